The molecule has 3 aromatic heterocycles. The fourth-order valence-corrected chi connectivity index (χ4v) is 36.7. The molecule has 0 N–H and O–H groups in total. The van der Waals surface area contributed by atoms with E-state index in [9.17, 15) is 26.3 Å². The molecule has 696 valence electrons. The zero-order valence-electron chi connectivity index (χ0n) is 80.9. The third kappa shape index (κ3) is 16.7. The normalized spacial score (nSPS) is 11.1. The summed E-state index contributed by atoms with van der Waals surface area (Å²) in [6.07, 6.45) is 0. The highest BCUT2D eigenvalue weighted by Gasteiger charge is 2.45. The smallest absolute Gasteiger partial charge is 0.211 e. The number of rotatable bonds is 18. The Morgan fingerprint density at radius 2 is 0.527 bits per heavy atom. The van der Waals surface area contributed by atoms with Crippen molar-refractivity contribution in [2.75, 3.05) is 0 Å². The lowest BCUT2D eigenvalue weighted by Crippen LogP contribution is -2.74. The highest BCUT2D eigenvalue weighted by molar-refractivity contribution is 7.21. The average molecular weight is 1960 g/mol. The Labute approximate surface area is 872 Å². The Bertz CT molecular complexity index is 9530. The molecule has 0 amide bonds. The number of aromatic nitrogens is 3. The second-order valence-corrected chi connectivity index (χ2v) is 48.2. The number of nitriles is 5. The van der Waals surface area contributed by atoms with E-state index in [0.29, 0.717) is 50.6 Å². The third-order valence-electron chi connectivity index (χ3n) is 28.8. The Morgan fingerprint density at radius 1 is 0.187 bits per heavy atom. The van der Waals surface area contributed by atoms with Crippen LogP contribution in [-0.4, -0.2) is 37.9 Å². The largest absolute Gasteiger partial charge is 0.319 e. The summed E-state index contributed by atoms with van der Waals surface area (Å²) in [6, 6.07) is 186. The van der Waals surface area contributed by atoms with Gasteiger partial charge in [-0.3, -0.25) is 0 Å². The minimum Gasteiger partial charge on any atom is -0.319 e. The number of para-hydroxylation sites is 3. The molecule has 0 fully saturated rings. The summed E-state index contributed by atoms with van der Waals surface area (Å²) in [4.78, 5) is 16.0. The van der Waals surface area contributed by atoms with Gasteiger partial charge in [0.1, 0.15) is 0 Å². The molecule has 0 unspecified atom stereocenters. The van der Waals surface area contributed by atoms with Crippen LogP contribution in [0.3, 0.4) is 0 Å². The summed E-state index contributed by atoms with van der Waals surface area (Å²) >= 11 is 0. The second kappa shape index (κ2) is 40.8. The lowest BCUT2D eigenvalue weighted by atomic mass is 9.98. The van der Waals surface area contributed by atoms with Crippen molar-refractivity contribution in [2.24, 2.45) is 0 Å². The highest BCUT2D eigenvalue weighted by Crippen LogP contribution is 2.43. The lowest BCUT2D eigenvalue weighted by Gasteiger charge is -2.35. The van der Waals surface area contributed by atoms with E-state index < -0.39 is 24.2 Å². The standard InChI is InChI=1S/3C45H28N4Si/c1-47-34-27-33(28-35(29-34)49-44-21-13-12-20-41(44)42-26-32(31-46)22-25-45(42)49)40-24-23-39(30-43(40)48-2)50(36-14-6-3-7-15-36,37-16-8-4-9-17-37)38-18-10-5-11-19-38;1-47-35-27-34(28-39(30-35)50(36-14-6-3-7-15-36,37-16-8-4-9-17-37)38-18-10-5-11-19-38)33-23-25-45(42(29-33)48-2)49-43-21-13-12-20-40(43)41-26-32(31-46)22-24-44(41)49;46-29-32-20-23-45-43(26-32)41-18-10-11-19-44(41)49(45)36-22-21-34(31-48)42(28-36)35-24-33(30-47)25-40(27-35)50(37-12-4-1-5-13-37,38-14-6-2-7-15-38)39-16-8-3-9-17-39/h2*3-30H;1-28H. The van der Waals surface area contributed by atoms with Gasteiger partial charge in [-0.15, -0.1) is 0 Å². The van der Waals surface area contributed by atoms with Crippen molar-refractivity contribution >= 4 is 175 Å². The summed E-state index contributed by atoms with van der Waals surface area (Å²) in [7, 11) is -8.67. The van der Waals surface area contributed by atoms with Crippen molar-refractivity contribution in [3.63, 3.8) is 0 Å². The molecule has 3 heterocycles. The Kier molecular flexibility index (Phi) is 25.6. The molecule has 0 aliphatic heterocycles. The number of hydrogen-bond donors (Lipinski definition) is 0. The van der Waals surface area contributed by atoms with E-state index in [0.717, 1.165) is 131 Å². The van der Waals surface area contributed by atoms with Crippen molar-refractivity contribution < 1.29 is 0 Å². The first-order valence-corrected chi connectivity index (χ1v) is 55.0. The van der Waals surface area contributed by atoms with E-state index in [4.69, 9.17) is 26.3 Å². The van der Waals surface area contributed by atoms with Crippen molar-refractivity contribution in [2.45, 2.75) is 0 Å². The van der Waals surface area contributed by atoms with Crippen molar-refractivity contribution in [3.8, 4) is 80.8 Å². The first-order valence-electron chi connectivity index (χ1n) is 49.0. The molecule has 0 spiro atoms. The van der Waals surface area contributed by atoms with Crippen LogP contribution >= 0.6 is 0 Å². The van der Waals surface area contributed by atoms with E-state index in [1.165, 1.54) is 46.7 Å². The SMILES string of the molecule is N#Cc1cc(-c2cc(-n3c4ccccc4c4cc(C#N)ccc43)ccc2C#N)cc([Si](c2ccccc2)(c2ccccc2)c2ccccc2)c1.[C-]#[N+]c1cc(-c2ccc(-n3c4ccccc4c4cc(C#N)ccc43)c([N+]#[C-])c2)cc([Si](c2ccccc2)(c2ccccc2)c2ccccc2)c1.[C-]#[N+]c1cc(-c2ccc([Si](c3ccccc3)(c3ccccc3)c3ccccc3)cc2[N+]#[C-])cc(-n2c3ccccc3c3cc(C#N)ccc32)c1. The first-order chi connectivity index (χ1) is 73.9. The molecule has 15 heteroatoms. The molecule has 0 saturated heterocycles. The maximum Gasteiger partial charge on any atom is 0.211 e. The highest BCUT2D eigenvalue weighted by atomic mass is 28.3. The van der Waals surface area contributed by atoms with Crippen LogP contribution in [0.25, 0.3) is 135 Å². The summed E-state index contributed by atoms with van der Waals surface area (Å²) in [5.41, 5.74) is 18.1. The van der Waals surface area contributed by atoms with Gasteiger partial charge in [-0.05, 0) is 219 Å². The molecule has 24 aromatic rings. The molecule has 21 aromatic carbocycles. The summed E-state index contributed by atoms with van der Waals surface area (Å²) < 4.78 is 6.44. The fourth-order valence-electron chi connectivity index (χ4n) is 22.3. The zero-order valence-corrected chi connectivity index (χ0v) is 83.9. The predicted octanol–water partition coefficient (Wildman–Crippen LogP) is 25.0. The van der Waals surface area contributed by atoms with E-state index >= 15 is 0 Å². The monoisotopic (exact) mass is 1960 g/mol. The Balaban J connectivity index is 0.000000127. The fraction of sp³-hybridized carbons (Fsp3) is 0. The van der Waals surface area contributed by atoms with Gasteiger partial charge in [0.15, 0.2) is 41.3 Å². The number of nitrogens with zero attached hydrogens (tertiary/aromatic N) is 12. The quantitative estimate of drug-likeness (QED) is 0.0476. The van der Waals surface area contributed by atoms with Gasteiger partial charge >= 0.3 is 0 Å². The van der Waals surface area contributed by atoms with Crippen LogP contribution < -0.4 is 62.2 Å². The minimum atomic E-state index is -2.95. The van der Waals surface area contributed by atoms with Crippen LogP contribution in [-0.2, 0) is 0 Å². The molecule has 0 atom stereocenters. The van der Waals surface area contributed by atoms with E-state index in [2.05, 4.69) is 373 Å². The average Bonchev–Trinajstić information content (AvgIpc) is 1.25. The van der Waals surface area contributed by atoms with Crippen LogP contribution in [0.1, 0.15) is 27.8 Å². The number of benzene rings is 21. The van der Waals surface area contributed by atoms with E-state index in [-0.39, 0.29) is 0 Å². The number of hydrogen-bond acceptors (Lipinski definition) is 5. The molecule has 12 nitrogen and oxygen atoms in total. The molecule has 150 heavy (non-hydrogen) atoms. The van der Waals surface area contributed by atoms with Gasteiger partial charge in [0, 0.05) is 49.3 Å². The molecular weight excluding hydrogens is 1870 g/mol. The van der Waals surface area contributed by atoms with Gasteiger partial charge in [-0.25, -0.2) is 19.4 Å². The lowest BCUT2D eigenvalue weighted by molar-refractivity contribution is 1.18. The van der Waals surface area contributed by atoms with Crippen LogP contribution in [0, 0.1) is 82.9 Å². The first kappa shape index (κ1) is 94.0. The number of fused-ring (bicyclic) bond motifs is 9. The second-order valence-electron chi connectivity index (χ2n) is 36.8. The van der Waals surface area contributed by atoms with Crippen molar-refractivity contribution in [3.05, 3.63) is 583 Å². The van der Waals surface area contributed by atoms with Crippen LogP contribution in [0.5, 0.6) is 0 Å². The van der Waals surface area contributed by atoms with Gasteiger partial charge in [-0.1, -0.05) is 380 Å². The topological polar surface area (TPSA) is 151 Å². The van der Waals surface area contributed by atoms with Gasteiger partial charge < -0.3 is 13.7 Å². The zero-order chi connectivity index (χ0) is 102. The summed E-state index contributed by atoms with van der Waals surface area (Å²) in [5.74, 6) is 0. The molecular formula is C135H84N12Si3. The van der Waals surface area contributed by atoms with E-state index in [1.807, 2.05) is 200 Å². The van der Waals surface area contributed by atoms with Crippen molar-refractivity contribution in [1.29, 1.82) is 26.3 Å². The molecule has 0 radical (unpaired) electrons. The van der Waals surface area contributed by atoms with Crippen LogP contribution in [0.2, 0.25) is 0 Å². The molecule has 0 aliphatic carbocycles. The molecule has 0 aliphatic rings. The maximum atomic E-state index is 10.5. The molecule has 0 saturated carbocycles. The summed E-state index contributed by atoms with van der Waals surface area (Å²) in [6.45, 7) is 33.0. The van der Waals surface area contributed by atoms with Crippen LogP contribution in [0.15, 0.2) is 510 Å². The third-order valence-corrected chi connectivity index (χ3v) is 43.0. The molecule has 0 bridgehead atoms. The van der Waals surface area contributed by atoms with Gasteiger partial charge in [0.05, 0.1) is 123 Å². The Hall–Kier alpha value is -20.9. The maximum absolute atomic E-state index is 10.5. The van der Waals surface area contributed by atoms with Crippen LogP contribution in [0.4, 0.5) is 22.7 Å². The summed E-state index contributed by atoms with van der Waals surface area (Å²) in [5, 5.41) is 70.2. The predicted molar refractivity (Wildman–Crippen MR) is 618 cm³/mol. The van der Waals surface area contributed by atoms with Gasteiger partial charge in [-0.2, -0.15) is 26.3 Å². The van der Waals surface area contributed by atoms with Crippen molar-refractivity contribution in [1.82, 2.24) is 13.7 Å². The molecule has 24 rings (SSSR count). The van der Waals surface area contributed by atoms with Gasteiger partial charge in [0.2, 0.25) is 5.69 Å². The van der Waals surface area contributed by atoms with Gasteiger partial charge in [0.25, 0.3) is 0 Å². The minimum absolute atomic E-state index is 0.485. The Morgan fingerprint density at radius 3 is 0.920 bits per heavy atom. The van der Waals surface area contributed by atoms with E-state index in [1.54, 1.807) is 0 Å².